The van der Waals surface area contributed by atoms with Crippen molar-refractivity contribution in [2.24, 2.45) is 0 Å². The van der Waals surface area contributed by atoms with Gasteiger partial charge in [0, 0.05) is 6.54 Å². The van der Waals surface area contributed by atoms with E-state index in [1.54, 1.807) is 0 Å². The normalized spacial score (nSPS) is 11.7. The quantitative estimate of drug-likeness (QED) is 0.892. The minimum atomic E-state index is -1.00. The molecule has 0 aromatic heterocycles. The van der Waals surface area contributed by atoms with Gasteiger partial charge in [0.05, 0.1) is 6.42 Å². The number of hydrogen-bond donors (Lipinski definition) is 1. The third-order valence-electron chi connectivity index (χ3n) is 3.54. The van der Waals surface area contributed by atoms with Crippen molar-refractivity contribution in [3.63, 3.8) is 0 Å². The highest BCUT2D eigenvalue weighted by molar-refractivity contribution is 5.84. The summed E-state index contributed by atoms with van der Waals surface area (Å²) < 4.78 is 0. The van der Waals surface area contributed by atoms with Gasteiger partial charge in [0.2, 0.25) is 5.91 Å². The molecule has 0 bridgehead atoms. The number of carbonyl (C=O) groups is 2. The number of nitrogens with zero attached hydrogens (tertiary/aromatic N) is 1. The molecule has 2 aromatic carbocycles. The highest BCUT2D eigenvalue weighted by atomic mass is 16.4. The van der Waals surface area contributed by atoms with Crippen LogP contribution in [0.4, 0.5) is 0 Å². The Kier molecular flexibility index (Phi) is 5.31. The summed E-state index contributed by atoms with van der Waals surface area (Å²) >= 11 is 0. The Hall–Kier alpha value is -2.62. The lowest BCUT2D eigenvalue weighted by atomic mass is 10.1. The summed E-state index contributed by atoms with van der Waals surface area (Å²) in [4.78, 5) is 25.2. The lowest BCUT2D eigenvalue weighted by molar-refractivity contribution is -0.149. The zero-order chi connectivity index (χ0) is 15.9. The van der Waals surface area contributed by atoms with Gasteiger partial charge in [-0.25, -0.2) is 4.79 Å². The predicted octanol–water partition coefficient (Wildman–Crippen LogP) is 2.73. The average molecular weight is 297 g/mol. The predicted molar refractivity (Wildman–Crippen MR) is 84.2 cm³/mol. The second-order valence-electron chi connectivity index (χ2n) is 5.18. The van der Waals surface area contributed by atoms with Crippen LogP contribution in [0.3, 0.4) is 0 Å². The molecule has 2 aromatic rings. The van der Waals surface area contributed by atoms with Gasteiger partial charge >= 0.3 is 5.97 Å². The van der Waals surface area contributed by atoms with Crippen LogP contribution in [0.15, 0.2) is 60.7 Å². The van der Waals surface area contributed by atoms with Gasteiger partial charge in [-0.05, 0) is 18.1 Å². The molecule has 0 radical (unpaired) electrons. The van der Waals surface area contributed by atoms with Crippen molar-refractivity contribution in [1.82, 2.24) is 4.90 Å². The highest BCUT2D eigenvalue weighted by Crippen LogP contribution is 2.12. The topological polar surface area (TPSA) is 57.6 Å². The van der Waals surface area contributed by atoms with Crippen molar-refractivity contribution >= 4 is 11.9 Å². The van der Waals surface area contributed by atoms with Crippen LogP contribution in [-0.2, 0) is 22.6 Å². The van der Waals surface area contributed by atoms with E-state index in [2.05, 4.69) is 0 Å². The van der Waals surface area contributed by atoms with Crippen LogP contribution in [0, 0.1) is 0 Å². The third-order valence-corrected chi connectivity index (χ3v) is 3.54. The molecular weight excluding hydrogens is 278 g/mol. The van der Waals surface area contributed by atoms with Crippen LogP contribution in [0.1, 0.15) is 18.1 Å². The molecule has 0 aliphatic carbocycles. The lowest BCUT2D eigenvalue weighted by Gasteiger charge is -2.27. The molecule has 22 heavy (non-hydrogen) atoms. The van der Waals surface area contributed by atoms with Gasteiger partial charge in [-0.2, -0.15) is 0 Å². The summed E-state index contributed by atoms with van der Waals surface area (Å²) in [6.45, 7) is 1.83. The van der Waals surface area contributed by atoms with Crippen molar-refractivity contribution in [1.29, 1.82) is 0 Å². The van der Waals surface area contributed by atoms with Gasteiger partial charge in [0.1, 0.15) is 6.04 Å². The molecule has 0 aliphatic rings. The standard InChI is InChI=1S/C18H19NO3/c1-14(18(21)22)19(13-16-10-6-3-7-11-16)17(20)12-15-8-4-2-5-9-15/h2-11,14H,12-13H2,1H3,(H,21,22). The van der Waals surface area contributed by atoms with E-state index in [4.69, 9.17) is 0 Å². The molecule has 0 aliphatic heterocycles. The Morgan fingerprint density at radius 1 is 0.955 bits per heavy atom. The molecule has 0 saturated carbocycles. The molecule has 0 saturated heterocycles. The van der Waals surface area contributed by atoms with Crippen LogP contribution >= 0.6 is 0 Å². The summed E-state index contributed by atoms with van der Waals surface area (Å²) in [5, 5.41) is 9.25. The van der Waals surface area contributed by atoms with E-state index in [1.807, 2.05) is 60.7 Å². The van der Waals surface area contributed by atoms with Crippen molar-refractivity contribution < 1.29 is 14.7 Å². The Morgan fingerprint density at radius 3 is 1.95 bits per heavy atom. The Balaban J connectivity index is 2.16. The number of rotatable bonds is 6. The van der Waals surface area contributed by atoms with Gasteiger partial charge in [-0.1, -0.05) is 60.7 Å². The zero-order valence-electron chi connectivity index (χ0n) is 12.5. The van der Waals surface area contributed by atoms with E-state index in [1.165, 1.54) is 11.8 Å². The maximum Gasteiger partial charge on any atom is 0.326 e. The van der Waals surface area contributed by atoms with Crippen molar-refractivity contribution in [2.75, 3.05) is 0 Å². The zero-order valence-corrected chi connectivity index (χ0v) is 12.5. The van der Waals surface area contributed by atoms with Gasteiger partial charge in [0.25, 0.3) is 0 Å². The van der Waals surface area contributed by atoms with Crippen LogP contribution in [0.25, 0.3) is 0 Å². The lowest BCUT2D eigenvalue weighted by Crippen LogP contribution is -2.43. The van der Waals surface area contributed by atoms with Crippen molar-refractivity contribution in [3.8, 4) is 0 Å². The Labute approximate surface area is 130 Å². The molecule has 0 fully saturated rings. The molecule has 2 rings (SSSR count). The first-order valence-corrected chi connectivity index (χ1v) is 7.18. The summed E-state index contributed by atoms with van der Waals surface area (Å²) in [7, 11) is 0. The van der Waals surface area contributed by atoms with Crippen LogP contribution in [-0.4, -0.2) is 27.9 Å². The summed E-state index contributed by atoms with van der Waals surface area (Å²) in [5.74, 6) is -1.19. The minimum absolute atomic E-state index is 0.190. The van der Waals surface area contributed by atoms with Gasteiger partial charge in [-0.3, -0.25) is 4.79 Å². The van der Waals surface area contributed by atoms with E-state index in [0.717, 1.165) is 11.1 Å². The number of carboxylic acid groups (broad SMARTS) is 1. The summed E-state index contributed by atoms with van der Waals surface area (Å²) in [6.07, 6.45) is 0.200. The first-order valence-electron chi connectivity index (χ1n) is 7.18. The number of carbonyl (C=O) groups excluding carboxylic acids is 1. The first kappa shape index (κ1) is 15.8. The van der Waals surface area contributed by atoms with Crippen LogP contribution in [0.5, 0.6) is 0 Å². The Bertz CT molecular complexity index is 625. The number of amides is 1. The van der Waals surface area contributed by atoms with Gasteiger partial charge < -0.3 is 10.0 Å². The van der Waals surface area contributed by atoms with E-state index < -0.39 is 12.0 Å². The fourth-order valence-corrected chi connectivity index (χ4v) is 2.23. The third kappa shape index (κ3) is 4.19. The maximum atomic E-state index is 12.5. The maximum absolute atomic E-state index is 12.5. The van der Waals surface area contributed by atoms with Crippen LogP contribution in [0.2, 0.25) is 0 Å². The van der Waals surface area contributed by atoms with E-state index in [9.17, 15) is 14.7 Å². The largest absolute Gasteiger partial charge is 0.480 e. The monoisotopic (exact) mass is 297 g/mol. The SMILES string of the molecule is CC(C(=O)O)N(Cc1ccccc1)C(=O)Cc1ccccc1. The molecule has 1 unspecified atom stereocenters. The minimum Gasteiger partial charge on any atom is -0.480 e. The molecule has 4 heteroatoms. The van der Waals surface area contributed by atoms with Gasteiger partial charge in [0.15, 0.2) is 0 Å². The number of hydrogen-bond acceptors (Lipinski definition) is 2. The van der Waals surface area contributed by atoms with E-state index >= 15 is 0 Å². The Morgan fingerprint density at radius 2 is 1.45 bits per heavy atom. The molecule has 114 valence electrons. The first-order chi connectivity index (χ1) is 10.6. The molecule has 0 heterocycles. The molecule has 1 N–H and O–H groups in total. The smallest absolute Gasteiger partial charge is 0.326 e. The molecule has 0 spiro atoms. The van der Waals surface area contributed by atoms with E-state index in [-0.39, 0.29) is 12.3 Å². The average Bonchev–Trinajstić information content (AvgIpc) is 2.53. The number of benzene rings is 2. The summed E-state index contributed by atoms with van der Waals surface area (Å²) in [6, 6.07) is 17.9. The summed E-state index contributed by atoms with van der Waals surface area (Å²) in [5.41, 5.74) is 1.79. The fraction of sp³-hybridized carbons (Fsp3) is 0.222. The van der Waals surface area contributed by atoms with Crippen molar-refractivity contribution in [2.45, 2.75) is 25.9 Å². The van der Waals surface area contributed by atoms with Crippen LogP contribution < -0.4 is 0 Å². The number of aliphatic carboxylic acids is 1. The molecule has 1 amide bonds. The second-order valence-corrected chi connectivity index (χ2v) is 5.18. The fourth-order valence-electron chi connectivity index (χ4n) is 2.23. The molecule has 4 nitrogen and oxygen atoms in total. The second kappa shape index (κ2) is 7.41. The van der Waals surface area contributed by atoms with Crippen molar-refractivity contribution in [3.05, 3.63) is 71.8 Å². The molecular formula is C18H19NO3. The molecule has 1 atom stereocenters. The van der Waals surface area contributed by atoms with E-state index in [0.29, 0.717) is 6.54 Å². The van der Waals surface area contributed by atoms with Gasteiger partial charge in [-0.15, -0.1) is 0 Å². The number of carboxylic acids is 1. The highest BCUT2D eigenvalue weighted by Gasteiger charge is 2.25.